The lowest BCUT2D eigenvalue weighted by Crippen LogP contribution is -2.12. The molecule has 0 bridgehead atoms. The number of rotatable bonds is 6. The van der Waals surface area contributed by atoms with Gasteiger partial charge >= 0.3 is 6.61 Å². The summed E-state index contributed by atoms with van der Waals surface area (Å²) in [7, 11) is 0. The number of anilines is 1. The number of nitrogens with one attached hydrogen (secondary N) is 2. The molecule has 0 aliphatic carbocycles. The van der Waals surface area contributed by atoms with Gasteiger partial charge in [0, 0.05) is 12.2 Å². The van der Waals surface area contributed by atoms with E-state index in [-0.39, 0.29) is 17.4 Å². The standard InChI is InChI=1S/C20H19F2N5O2/c21-20(22)29-17-7-5-16(6-8-17)27-12-18(25-26-27)19(28)24-15-3-1-13(2-4-15)14-9-10-23-11-14/h1-8,12,14,20,23H,9-11H2,(H,24,28). The Labute approximate surface area is 165 Å². The Morgan fingerprint density at radius 1 is 1.17 bits per heavy atom. The SMILES string of the molecule is O=C(Nc1ccc(C2CCNC2)cc1)c1cn(-c2ccc(OC(F)F)cc2)nn1. The molecule has 29 heavy (non-hydrogen) atoms. The molecule has 1 aliphatic rings. The molecule has 1 fully saturated rings. The molecule has 0 radical (unpaired) electrons. The van der Waals surface area contributed by atoms with Gasteiger partial charge in [0.2, 0.25) is 0 Å². The predicted octanol–water partition coefficient (Wildman–Crippen LogP) is 3.20. The molecule has 3 aromatic rings. The van der Waals surface area contributed by atoms with Crippen LogP contribution >= 0.6 is 0 Å². The first-order valence-corrected chi connectivity index (χ1v) is 9.18. The fourth-order valence-electron chi connectivity index (χ4n) is 3.25. The zero-order valence-electron chi connectivity index (χ0n) is 15.4. The highest BCUT2D eigenvalue weighted by Gasteiger charge is 2.17. The smallest absolute Gasteiger partial charge is 0.387 e. The van der Waals surface area contributed by atoms with Gasteiger partial charge in [-0.2, -0.15) is 8.78 Å². The lowest BCUT2D eigenvalue weighted by atomic mass is 9.98. The third-order valence-corrected chi connectivity index (χ3v) is 4.75. The molecule has 1 amide bonds. The van der Waals surface area contributed by atoms with E-state index >= 15 is 0 Å². The number of hydrogen-bond acceptors (Lipinski definition) is 5. The average molecular weight is 399 g/mol. The fourth-order valence-corrected chi connectivity index (χ4v) is 3.25. The summed E-state index contributed by atoms with van der Waals surface area (Å²) in [5.74, 6) is 0.167. The summed E-state index contributed by atoms with van der Waals surface area (Å²) >= 11 is 0. The first-order valence-electron chi connectivity index (χ1n) is 9.18. The number of hydrogen-bond donors (Lipinski definition) is 2. The van der Waals surface area contributed by atoms with Crippen LogP contribution in [0, 0.1) is 0 Å². The second-order valence-electron chi connectivity index (χ2n) is 6.69. The van der Waals surface area contributed by atoms with Gasteiger partial charge in [-0.05, 0) is 60.8 Å². The van der Waals surface area contributed by atoms with Crippen molar-refractivity contribution in [1.82, 2.24) is 20.3 Å². The van der Waals surface area contributed by atoms with Gasteiger partial charge < -0.3 is 15.4 Å². The van der Waals surface area contributed by atoms with Crippen molar-refractivity contribution in [2.75, 3.05) is 18.4 Å². The third-order valence-electron chi connectivity index (χ3n) is 4.75. The highest BCUT2D eigenvalue weighted by molar-refractivity contribution is 6.02. The molecule has 1 unspecified atom stereocenters. The van der Waals surface area contributed by atoms with Gasteiger partial charge in [0.15, 0.2) is 5.69 Å². The first kappa shape index (κ1) is 19.0. The number of amides is 1. The van der Waals surface area contributed by atoms with Gasteiger partial charge in [-0.3, -0.25) is 4.79 Å². The maximum atomic E-state index is 12.4. The van der Waals surface area contributed by atoms with Gasteiger partial charge in [-0.1, -0.05) is 17.3 Å². The van der Waals surface area contributed by atoms with Crippen molar-refractivity contribution >= 4 is 11.6 Å². The van der Waals surface area contributed by atoms with E-state index in [9.17, 15) is 13.6 Å². The number of carbonyl (C=O) groups is 1. The molecule has 1 atom stereocenters. The van der Waals surface area contributed by atoms with Gasteiger partial charge in [0.25, 0.3) is 5.91 Å². The summed E-state index contributed by atoms with van der Waals surface area (Å²) in [6, 6.07) is 13.7. The van der Waals surface area contributed by atoms with Crippen molar-refractivity contribution in [2.24, 2.45) is 0 Å². The van der Waals surface area contributed by atoms with Gasteiger partial charge in [0.05, 0.1) is 11.9 Å². The van der Waals surface area contributed by atoms with Crippen LogP contribution in [0.4, 0.5) is 14.5 Å². The van der Waals surface area contributed by atoms with Crippen molar-refractivity contribution in [1.29, 1.82) is 0 Å². The minimum atomic E-state index is -2.88. The molecule has 1 aromatic heterocycles. The van der Waals surface area contributed by atoms with Crippen molar-refractivity contribution in [2.45, 2.75) is 19.0 Å². The van der Waals surface area contributed by atoms with Crippen LogP contribution < -0.4 is 15.4 Å². The van der Waals surface area contributed by atoms with E-state index in [0.29, 0.717) is 17.3 Å². The quantitative estimate of drug-likeness (QED) is 0.665. The van der Waals surface area contributed by atoms with Crippen LogP contribution in [0.3, 0.4) is 0 Å². The minimum Gasteiger partial charge on any atom is -0.435 e. The summed E-state index contributed by atoms with van der Waals surface area (Å²) in [5, 5.41) is 13.9. The number of aromatic nitrogens is 3. The van der Waals surface area contributed by atoms with E-state index in [4.69, 9.17) is 0 Å². The molecule has 1 aliphatic heterocycles. The Morgan fingerprint density at radius 2 is 1.93 bits per heavy atom. The van der Waals surface area contributed by atoms with Crippen LogP contribution in [0.2, 0.25) is 0 Å². The molecular weight excluding hydrogens is 380 g/mol. The average Bonchev–Trinajstić information content (AvgIpc) is 3.41. The number of ether oxygens (including phenoxy) is 1. The van der Waals surface area contributed by atoms with E-state index in [1.165, 1.54) is 28.6 Å². The Kier molecular flexibility index (Phi) is 5.48. The number of alkyl halides is 2. The van der Waals surface area contributed by atoms with E-state index in [0.717, 1.165) is 19.5 Å². The van der Waals surface area contributed by atoms with Crippen molar-refractivity contribution < 1.29 is 18.3 Å². The summed E-state index contributed by atoms with van der Waals surface area (Å²) < 4.78 is 30.1. The Hall–Kier alpha value is -3.33. The topological polar surface area (TPSA) is 81.1 Å². The summed E-state index contributed by atoms with van der Waals surface area (Å²) in [6.07, 6.45) is 2.58. The zero-order chi connectivity index (χ0) is 20.2. The maximum Gasteiger partial charge on any atom is 0.387 e. The van der Waals surface area contributed by atoms with E-state index in [1.54, 1.807) is 12.1 Å². The number of carbonyl (C=O) groups excluding carboxylic acids is 1. The number of nitrogens with zero attached hydrogens (tertiary/aromatic N) is 3. The minimum absolute atomic E-state index is 0.0404. The molecule has 7 nitrogen and oxygen atoms in total. The number of halogens is 2. The molecule has 2 heterocycles. The summed E-state index contributed by atoms with van der Waals surface area (Å²) in [6.45, 7) is -0.878. The number of benzene rings is 2. The summed E-state index contributed by atoms with van der Waals surface area (Å²) in [4.78, 5) is 12.4. The van der Waals surface area contributed by atoms with Gasteiger partial charge in [-0.15, -0.1) is 5.10 Å². The second-order valence-corrected chi connectivity index (χ2v) is 6.69. The lowest BCUT2D eigenvalue weighted by Gasteiger charge is -2.10. The molecule has 4 rings (SSSR count). The van der Waals surface area contributed by atoms with Crippen LogP contribution in [0.15, 0.2) is 54.7 Å². The summed E-state index contributed by atoms with van der Waals surface area (Å²) in [5.41, 5.74) is 2.63. The Bertz CT molecular complexity index is 967. The maximum absolute atomic E-state index is 12.4. The van der Waals surface area contributed by atoms with E-state index in [2.05, 4.69) is 25.7 Å². The normalized spacial score (nSPS) is 16.2. The molecule has 2 N–H and O–H groups in total. The zero-order valence-corrected chi connectivity index (χ0v) is 15.4. The Balaban J connectivity index is 1.40. The van der Waals surface area contributed by atoms with Crippen LogP contribution in [0.1, 0.15) is 28.4 Å². The molecule has 0 spiro atoms. The monoisotopic (exact) mass is 399 g/mol. The van der Waals surface area contributed by atoms with Crippen LogP contribution in [-0.4, -0.2) is 40.6 Å². The van der Waals surface area contributed by atoms with E-state index < -0.39 is 6.61 Å². The fraction of sp³-hybridized carbons (Fsp3) is 0.250. The highest BCUT2D eigenvalue weighted by Crippen LogP contribution is 2.24. The highest BCUT2D eigenvalue weighted by atomic mass is 19.3. The van der Waals surface area contributed by atoms with Crippen LogP contribution in [-0.2, 0) is 0 Å². The molecule has 2 aromatic carbocycles. The molecular formula is C20H19F2N5O2. The Morgan fingerprint density at radius 3 is 2.59 bits per heavy atom. The lowest BCUT2D eigenvalue weighted by molar-refractivity contribution is -0.0498. The molecule has 0 saturated carbocycles. The second kappa shape index (κ2) is 8.36. The first-order chi connectivity index (χ1) is 14.1. The van der Waals surface area contributed by atoms with E-state index in [1.807, 2.05) is 24.3 Å². The van der Waals surface area contributed by atoms with Gasteiger partial charge in [-0.25, -0.2) is 4.68 Å². The van der Waals surface area contributed by atoms with Gasteiger partial charge in [0.1, 0.15) is 5.75 Å². The van der Waals surface area contributed by atoms with Crippen molar-refractivity contribution in [3.63, 3.8) is 0 Å². The molecule has 1 saturated heterocycles. The third kappa shape index (κ3) is 4.57. The molecule has 150 valence electrons. The predicted molar refractivity (Wildman–Crippen MR) is 103 cm³/mol. The van der Waals surface area contributed by atoms with Crippen LogP contribution in [0.5, 0.6) is 5.75 Å². The largest absolute Gasteiger partial charge is 0.435 e. The van der Waals surface area contributed by atoms with Crippen LogP contribution in [0.25, 0.3) is 5.69 Å². The molecule has 9 heteroatoms. The van der Waals surface area contributed by atoms with Crippen molar-refractivity contribution in [3.8, 4) is 11.4 Å². The van der Waals surface area contributed by atoms with Crippen molar-refractivity contribution in [3.05, 3.63) is 66.0 Å².